The van der Waals surface area contributed by atoms with Crippen molar-refractivity contribution in [3.05, 3.63) is 17.9 Å². The normalized spacial score (nSPS) is 11.5. The van der Waals surface area contributed by atoms with Crippen LogP contribution in [0.1, 0.15) is 19.6 Å². The van der Waals surface area contributed by atoms with Gasteiger partial charge in [0.05, 0.1) is 0 Å². The summed E-state index contributed by atoms with van der Waals surface area (Å²) in [7, 11) is 1.57. The molecule has 78 valence electrons. The molecule has 0 fully saturated rings. The largest absolute Gasteiger partial charge is 0.445 e. The summed E-state index contributed by atoms with van der Waals surface area (Å²) in [6, 6.07) is 3.46. The SMILES string of the molecule is Cc1ccc(N(C)C(=O)C(C)(C)O)o1. The summed E-state index contributed by atoms with van der Waals surface area (Å²) in [5, 5.41) is 9.49. The zero-order chi connectivity index (χ0) is 10.9. The van der Waals surface area contributed by atoms with Crippen LogP contribution >= 0.6 is 0 Å². The van der Waals surface area contributed by atoms with Crippen molar-refractivity contribution >= 4 is 11.8 Å². The summed E-state index contributed by atoms with van der Waals surface area (Å²) in [4.78, 5) is 12.9. The molecule has 14 heavy (non-hydrogen) atoms. The molecule has 1 rings (SSSR count). The van der Waals surface area contributed by atoms with Crippen molar-refractivity contribution in [2.45, 2.75) is 26.4 Å². The van der Waals surface area contributed by atoms with Gasteiger partial charge in [-0.05, 0) is 26.8 Å². The van der Waals surface area contributed by atoms with Gasteiger partial charge in [0.2, 0.25) is 5.88 Å². The number of aliphatic hydroxyl groups is 1. The van der Waals surface area contributed by atoms with Gasteiger partial charge in [-0.3, -0.25) is 9.69 Å². The molecule has 4 nitrogen and oxygen atoms in total. The maximum atomic E-state index is 11.6. The molecule has 0 radical (unpaired) electrons. The van der Waals surface area contributed by atoms with Gasteiger partial charge < -0.3 is 9.52 Å². The highest BCUT2D eigenvalue weighted by Crippen LogP contribution is 2.19. The molecule has 1 aromatic heterocycles. The van der Waals surface area contributed by atoms with Crippen molar-refractivity contribution in [1.29, 1.82) is 0 Å². The Balaban J connectivity index is 2.86. The van der Waals surface area contributed by atoms with Crippen LogP contribution in [0.3, 0.4) is 0 Å². The lowest BCUT2D eigenvalue weighted by atomic mass is 10.1. The summed E-state index contributed by atoms with van der Waals surface area (Å²) in [5.74, 6) is 0.775. The highest BCUT2D eigenvalue weighted by Gasteiger charge is 2.29. The summed E-state index contributed by atoms with van der Waals surface area (Å²) in [6.45, 7) is 4.69. The van der Waals surface area contributed by atoms with Gasteiger partial charge in [-0.15, -0.1) is 0 Å². The highest BCUT2D eigenvalue weighted by atomic mass is 16.4. The number of hydrogen-bond donors (Lipinski definition) is 1. The van der Waals surface area contributed by atoms with Gasteiger partial charge in [0, 0.05) is 13.1 Å². The standard InChI is InChI=1S/C10H15NO3/c1-7-5-6-8(14-7)11(4)9(12)10(2,3)13/h5-6,13H,1-4H3. The Morgan fingerprint density at radius 2 is 2.07 bits per heavy atom. The molecule has 0 aliphatic rings. The van der Waals surface area contributed by atoms with E-state index in [1.165, 1.54) is 18.7 Å². The number of furan rings is 1. The Bertz CT molecular complexity index is 335. The summed E-state index contributed by atoms with van der Waals surface area (Å²) >= 11 is 0. The highest BCUT2D eigenvalue weighted by molar-refractivity contribution is 5.97. The number of carbonyl (C=O) groups is 1. The molecule has 0 aliphatic carbocycles. The number of nitrogens with zero attached hydrogens (tertiary/aromatic N) is 1. The smallest absolute Gasteiger partial charge is 0.260 e. The minimum Gasteiger partial charge on any atom is -0.445 e. The molecule has 0 unspecified atom stereocenters. The van der Waals surface area contributed by atoms with Crippen LogP contribution in [-0.4, -0.2) is 23.7 Å². The quantitative estimate of drug-likeness (QED) is 0.778. The molecule has 4 heteroatoms. The molecule has 1 aromatic rings. The average molecular weight is 197 g/mol. The third kappa shape index (κ3) is 2.14. The Morgan fingerprint density at radius 3 is 2.43 bits per heavy atom. The van der Waals surface area contributed by atoms with Crippen molar-refractivity contribution in [2.24, 2.45) is 0 Å². The fourth-order valence-electron chi connectivity index (χ4n) is 1.11. The topological polar surface area (TPSA) is 53.7 Å². The summed E-state index contributed by atoms with van der Waals surface area (Å²) < 4.78 is 5.26. The molecule has 1 amide bonds. The third-order valence-electron chi connectivity index (χ3n) is 1.88. The van der Waals surface area contributed by atoms with Crippen molar-refractivity contribution in [1.82, 2.24) is 0 Å². The molecular weight excluding hydrogens is 182 g/mol. The van der Waals surface area contributed by atoms with E-state index in [4.69, 9.17) is 4.42 Å². The molecular formula is C10H15NO3. The Hall–Kier alpha value is -1.29. The molecule has 0 aliphatic heterocycles. The van der Waals surface area contributed by atoms with Crippen LogP contribution in [0.4, 0.5) is 5.88 Å². The lowest BCUT2D eigenvalue weighted by Gasteiger charge is -2.22. The van der Waals surface area contributed by atoms with E-state index in [0.29, 0.717) is 5.88 Å². The fraction of sp³-hybridized carbons (Fsp3) is 0.500. The number of likely N-dealkylation sites (N-methyl/N-ethyl adjacent to an activating group) is 1. The zero-order valence-electron chi connectivity index (χ0n) is 8.87. The monoisotopic (exact) mass is 197 g/mol. The van der Waals surface area contributed by atoms with Crippen LogP contribution in [-0.2, 0) is 4.79 Å². The average Bonchev–Trinajstić information content (AvgIpc) is 2.47. The second kappa shape index (κ2) is 3.46. The van der Waals surface area contributed by atoms with Crippen molar-refractivity contribution in [3.8, 4) is 0 Å². The second-order valence-corrected chi connectivity index (χ2v) is 3.81. The number of rotatable bonds is 2. The van der Waals surface area contributed by atoms with E-state index >= 15 is 0 Å². The number of aryl methyl sites for hydroxylation is 1. The Kier molecular flexibility index (Phi) is 2.66. The lowest BCUT2D eigenvalue weighted by Crippen LogP contribution is -2.43. The van der Waals surface area contributed by atoms with E-state index in [0.717, 1.165) is 5.76 Å². The van der Waals surface area contributed by atoms with Crippen molar-refractivity contribution < 1.29 is 14.3 Å². The minimum absolute atomic E-state index is 0.396. The molecule has 0 atom stereocenters. The first kappa shape index (κ1) is 10.8. The molecule has 1 N–H and O–H groups in total. The first-order chi connectivity index (χ1) is 6.32. The molecule has 0 saturated carbocycles. The van der Waals surface area contributed by atoms with E-state index in [-0.39, 0.29) is 0 Å². The van der Waals surface area contributed by atoms with Crippen LogP contribution in [0.15, 0.2) is 16.5 Å². The van der Waals surface area contributed by atoms with Crippen LogP contribution in [0.25, 0.3) is 0 Å². The van der Waals surface area contributed by atoms with E-state index in [1.54, 1.807) is 26.1 Å². The molecule has 0 spiro atoms. The molecule has 1 heterocycles. The molecule has 0 saturated heterocycles. The van der Waals surface area contributed by atoms with Crippen LogP contribution in [0.5, 0.6) is 0 Å². The maximum Gasteiger partial charge on any atom is 0.260 e. The lowest BCUT2D eigenvalue weighted by molar-refractivity contribution is -0.133. The molecule has 0 bridgehead atoms. The number of carbonyl (C=O) groups excluding carboxylic acids is 1. The van der Waals surface area contributed by atoms with Gasteiger partial charge in [0.25, 0.3) is 5.91 Å². The number of hydrogen-bond acceptors (Lipinski definition) is 3. The van der Waals surface area contributed by atoms with Gasteiger partial charge in [0.1, 0.15) is 11.4 Å². The fourth-order valence-corrected chi connectivity index (χ4v) is 1.11. The van der Waals surface area contributed by atoms with E-state index in [1.807, 2.05) is 0 Å². The summed E-state index contributed by atoms with van der Waals surface area (Å²) in [5.41, 5.74) is -1.38. The first-order valence-corrected chi connectivity index (χ1v) is 4.39. The Labute approximate surface area is 83.1 Å². The predicted octanol–water partition coefficient (Wildman–Crippen LogP) is 1.32. The van der Waals surface area contributed by atoms with Gasteiger partial charge >= 0.3 is 0 Å². The zero-order valence-corrected chi connectivity index (χ0v) is 8.87. The van der Waals surface area contributed by atoms with E-state index in [9.17, 15) is 9.90 Å². The Morgan fingerprint density at radius 1 is 1.50 bits per heavy atom. The van der Waals surface area contributed by atoms with Crippen LogP contribution < -0.4 is 4.90 Å². The van der Waals surface area contributed by atoms with Crippen LogP contribution in [0.2, 0.25) is 0 Å². The van der Waals surface area contributed by atoms with E-state index in [2.05, 4.69) is 0 Å². The van der Waals surface area contributed by atoms with Gasteiger partial charge in [-0.1, -0.05) is 0 Å². The van der Waals surface area contributed by atoms with E-state index < -0.39 is 11.5 Å². The number of anilines is 1. The third-order valence-corrected chi connectivity index (χ3v) is 1.88. The van der Waals surface area contributed by atoms with Crippen LogP contribution in [0, 0.1) is 6.92 Å². The van der Waals surface area contributed by atoms with Gasteiger partial charge in [-0.25, -0.2) is 0 Å². The van der Waals surface area contributed by atoms with Gasteiger partial charge in [0.15, 0.2) is 0 Å². The van der Waals surface area contributed by atoms with Gasteiger partial charge in [-0.2, -0.15) is 0 Å². The minimum atomic E-state index is -1.38. The number of amides is 1. The van der Waals surface area contributed by atoms with Crippen molar-refractivity contribution in [2.75, 3.05) is 11.9 Å². The molecule has 0 aromatic carbocycles. The van der Waals surface area contributed by atoms with Crippen molar-refractivity contribution in [3.63, 3.8) is 0 Å². The summed E-state index contributed by atoms with van der Waals surface area (Å²) in [6.07, 6.45) is 0. The first-order valence-electron chi connectivity index (χ1n) is 4.39. The second-order valence-electron chi connectivity index (χ2n) is 3.81. The predicted molar refractivity (Wildman–Crippen MR) is 53.2 cm³/mol. The maximum absolute atomic E-state index is 11.6.